The summed E-state index contributed by atoms with van der Waals surface area (Å²) >= 11 is 21.3. The van der Waals surface area contributed by atoms with E-state index >= 15 is 0 Å². The van der Waals surface area contributed by atoms with Crippen LogP contribution in [0.5, 0.6) is 0 Å². The van der Waals surface area contributed by atoms with Crippen molar-refractivity contribution in [2.24, 2.45) is 0 Å². The molecule has 0 bridgehead atoms. The lowest BCUT2D eigenvalue weighted by Crippen LogP contribution is -1.99. The van der Waals surface area contributed by atoms with Gasteiger partial charge < -0.3 is 0 Å². The largest absolute Gasteiger partial charge is 0.207 e. The summed E-state index contributed by atoms with van der Waals surface area (Å²) < 4.78 is 13.8. The van der Waals surface area contributed by atoms with Gasteiger partial charge in [0.15, 0.2) is 0 Å². The van der Waals surface area contributed by atoms with Crippen molar-refractivity contribution in [3.05, 3.63) is 68.4 Å². The lowest BCUT2D eigenvalue weighted by Gasteiger charge is -2.13. The van der Waals surface area contributed by atoms with E-state index in [-0.39, 0.29) is 10.6 Å². The first-order valence-electron chi connectivity index (χ1n) is 5.51. The maximum absolute atomic E-state index is 13.8. The van der Waals surface area contributed by atoms with Gasteiger partial charge in [0.25, 0.3) is 0 Å². The summed E-state index contributed by atoms with van der Waals surface area (Å²) in [6.07, 6.45) is 0.567. The molecule has 0 nitrogen and oxygen atoms in total. The third kappa shape index (κ3) is 3.63. The van der Waals surface area contributed by atoms with Crippen LogP contribution in [0.4, 0.5) is 4.39 Å². The average molecular weight is 382 g/mol. The standard InChI is InChI=1S/C14H9BrCl3F/c15-9(14-11(17)2-1-3-13(14)19)6-8-4-5-10(16)12(18)7-8/h1-5,7,9H,6H2. The molecule has 2 rings (SSSR count). The van der Waals surface area contributed by atoms with E-state index in [4.69, 9.17) is 34.8 Å². The fraction of sp³-hybridized carbons (Fsp3) is 0.143. The third-order valence-corrected chi connectivity index (χ3v) is 4.56. The Morgan fingerprint density at radius 2 is 1.74 bits per heavy atom. The maximum Gasteiger partial charge on any atom is 0.129 e. The molecule has 1 unspecified atom stereocenters. The molecule has 0 aliphatic carbocycles. The predicted octanol–water partition coefficient (Wildman–Crippen LogP) is 6.46. The van der Waals surface area contributed by atoms with E-state index in [0.29, 0.717) is 27.1 Å². The first-order chi connectivity index (χ1) is 8.99. The Hall–Kier alpha value is -0.280. The Morgan fingerprint density at radius 3 is 2.37 bits per heavy atom. The summed E-state index contributed by atoms with van der Waals surface area (Å²) in [5.41, 5.74) is 1.41. The summed E-state index contributed by atoms with van der Waals surface area (Å²) in [5.74, 6) is -0.325. The van der Waals surface area contributed by atoms with Crippen LogP contribution < -0.4 is 0 Å². The number of hydrogen-bond donors (Lipinski definition) is 0. The molecular weight excluding hydrogens is 373 g/mol. The molecule has 0 radical (unpaired) electrons. The van der Waals surface area contributed by atoms with Crippen LogP contribution >= 0.6 is 50.7 Å². The Labute approximate surface area is 134 Å². The summed E-state index contributed by atoms with van der Waals surface area (Å²) in [6.45, 7) is 0. The molecule has 0 saturated carbocycles. The molecule has 2 aromatic rings. The Kier molecular flexibility index (Phi) is 5.13. The second-order valence-corrected chi connectivity index (χ2v) is 6.38. The molecule has 0 N–H and O–H groups in total. The fourth-order valence-corrected chi connectivity index (χ4v) is 3.37. The molecule has 0 fully saturated rings. The van der Waals surface area contributed by atoms with Crippen LogP contribution in [0.15, 0.2) is 36.4 Å². The quantitative estimate of drug-likeness (QED) is 0.534. The minimum atomic E-state index is -0.325. The fourth-order valence-electron chi connectivity index (χ4n) is 1.79. The highest BCUT2D eigenvalue weighted by atomic mass is 79.9. The normalized spacial score (nSPS) is 12.5. The van der Waals surface area contributed by atoms with E-state index in [1.807, 2.05) is 6.07 Å². The van der Waals surface area contributed by atoms with Gasteiger partial charge in [0.2, 0.25) is 0 Å². The number of halogens is 5. The van der Waals surface area contributed by atoms with E-state index in [9.17, 15) is 4.39 Å². The molecule has 19 heavy (non-hydrogen) atoms. The van der Waals surface area contributed by atoms with Gasteiger partial charge >= 0.3 is 0 Å². The van der Waals surface area contributed by atoms with Gasteiger partial charge in [-0.05, 0) is 36.2 Å². The zero-order valence-corrected chi connectivity index (χ0v) is 13.5. The van der Waals surface area contributed by atoms with Gasteiger partial charge in [-0.15, -0.1) is 0 Å². The topological polar surface area (TPSA) is 0 Å². The van der Waals surface area contributed by atoms with Crippen molar-refractivity contribution < 1.29 is 4.39 Å². The highest BCUT2D eigenvalue weighted by Crippen LogP contribution is 2.35. The molecular formula is C14H9BrCl3F. The molecule has 5 heteroatoms. The minimum absolute atomic E-state index is 0.224. The van der Waals surface area contributed by atoms with E-state index in [0.717, 1.165) is 5.56 Å². The second-order valence-electron chi connectivity index (χ2n) is 4.06. The molecule has 0 saturated heterocycles. The SMILES string of the molecule is Fc1cccc(Cl)c1C(Br)Cc1ccc(Cl)c(Cl)c1. The van der Waals surface area contributed by atoms with Crippen LogP contribution in [0, 0.1) is 5.82 Å². The minimum Gasteiger partial charge on any atom is -0.207 e. The molecule has 0 aliphatic heterocycles. The van der Waals surface area contributed by atoms with E-state index in [1.54, 1.807) is 24.3 Å². The number of benzene rings is 2. The Morgan fingerprint density at radius 1 is 1.00 bits per heavy atom. The van der Waals surface area contributed by atoms with Crippen molar-refractivity contribution in [1.82, 2.24) is 0 Å². The van der Waals surface area contributed by atoms with Crippen molar-refractivity contribution in [2.45, 2.75) is 11.2 Å². The summed E-state index contributed by atoms with van der Waals surface area (Å²) in [4.78, 5) is -0.224. The first kappa shape index (κ1) is 15.1. The number of rotatable bonds is 3. The van der Waals surface area contributed by atoms with Crippen molar-refractivity contribution in [2.75, 3.05) is 0 Å². The van der Waals surface area contributed by atoms with Gasteiger partial charge in [0, 0.05) is 15.4 Å². The molecule has 100 valence electrons. The smallest absolute Gasteiger partial charge is 0.129 e. The van der Waals surface area contributed by atoms with Gasteiger partial charge in [0.1, 0.15) is 5.82 Å². The van der Waals surface area contributed by atoms with Crippen LogP contribution in [-0.2, 0) is 6.42 Å². The van der Waals surface area contributed by atoms with Crippen LogP contribution in [0.2, 0.25) is 15.1 Å². The Balaban J connectivity index is 2.25. The third-order valence-electron chi connectivity index (χ3n) is 2.71. The highest BCUT2D eigenvalue weighted by Gasteiger charge is 2.17. The van der Waals surface area contributed by atoms with Crippen LogP contribution in [-0.4, -0.2) is 0 Å². The van der Waals surface area contributed by atoms with E-state index in [1.165, 1.54) is 6.07 Å². The lowest BCUT2D eigenvalue weighted by molar-refractivity contribution is 0.608. The lowest BCUT2D eigenvalue weighted by atomic mass is 10.0. The monoisotopic (exact) mass is 380 g/mol. The van der Waals surface area contributed by atoms with Crippen molar-refractivity contribution in [3.63, 3.8) is 0 Å². The predicted molar refractivity (Wildman–Crippen MR) is 83.2 cm³/mol. The van der Waals surface area contributed by atoms with Crippen LogP contribution in [0.3, 0.4) is 0 Å². The van der Waals surface area contributed by atoms with E-state index in [2.05, 4.69) is 15.9 Å². The molecule has 0 aromatic heterocycles. The van der Waals surface area contributed by atoms with E-state index < -0.39 is 0 Å². The molecule has 0 amide bonds. The van der Waals surface area contributed by atoms with Gasteiger partial charge in [-0.2, -0.15) is 0 Å². The Bertz CT molecular complexity index is 581. The summed E-state index contributed by atoms with van der Waals surface area (Å²) in [6, 6.07) is 10.00. The molecule has 0 heterocycles. The van der Waals surface area contributed by atoms with Gasteiger partial charge in [0.05, 0.1) is 10.0 Å². The van der Waals surface area contributed by atoms with Crippen molar-refractivity contribution in [3.8, 4) is 0 Å². The average Bonchev–Trinajstić information content (AvgIpc) is 2.33. The van der Waals surface area contributed by atoms with Gasteiger partial charge in [-0.1, -0.05) is 62.9 Å². The number of alkyl halides is 1. The van der Waals surface area contributed by atoms with Crippen LogP contribution in [0.25, 0.3) is 0 Å². The van der Waals surface area contributed by atoms with Crippen molar-refractivity contribution in [1.29, 1.82) is 0 Å². The van der Waals surface area contributed by atoms with Crippen molar-refractivity contribution >= 4 is 50.7 Å². The highest BCUT2D eigenvalue weighted by molar-refractivity contribution is 9.09. The maximum atomic E-state index is 13.8. The molecule has 1 atom stereocenters. The summed E-state index contributed by atoms with van der Waals surface area (Å²) in [5, 5.41) is 1.39. The van der Waals surface area contributed by atoms with Crippen LogP contribution in [0.1, 0.15) is 16.0 Å². The van der Waals surface area contributed by atoms with Gasteiger partial charge in [-0.3, -0.25) is 0 Å². The number of hydrogen-bond acceptors (Lipinski definition) is 0. The van der Waals surface area contributed by atoms with Gasteiger partial charge in [-0.25, -0.2) is 4.39 Å². The second kappa shape index (κ2) is 6.45. The zero-order valence-electron chi connectivity index (χ0n) is 9.64. The zero-order chi connectivity index (χ0) is 14.0. The molecule has 0 aliphatic rings. The molecule has 2 aromatic carbocycles. The molecule has 0 spiro atoms. The first-order valence-corrected chi connectivity index (χ1v) is 7.56. The summed E-state index contributed by atoms with van der Waals surface area (Å²) in [7, 11) is 0.